The van der Waals surface area contributed by atoms with E-state index >= 15 is 0 Å². The summed E-state index contributed by atoms with van der Waals surface area (Å²) in [7, 11) is 0. The van der Waals surface area contributed by atoms with Gasteiger partial charge in [0.25, 0.3) is 0 Å². The normalized spacial score (nSPS) is 16.9. The molecule has 0 amide bonds. The molecule has 0 aliphatic heterocycles. The predicted octanol–water partition coefficient (Wildman–Crippen LogP) is 4.10. The number of aromatic nitrogens is 1. The molecule has 3 rings (SSSR count). The van der Waals surface area contributed by atoms with Crippen LogP contribution in [0, 0.1) is 16.7 Å². The Kier molecular flexibility index (Phi) is 2.48. The van der Waals surface area contributed by atoms with Gasteiger partial charge in [-0.3, -0.25) is 0 Å². The summed E-state index contributed by atoms with van der Waals surface area (Å²) in [6, 6.07) is 10.8. The van der Waals surface area contributed by atoms with Crippen molar-refractivity contribution < 1.29 is 0 Å². The van der Waals surface area contributed by atoms with Crippen LogP contribution in [0.25, 0.3) is 10.9 Å². The van der Waals surface area contributed by atoms with Crippen LogP contribution in [-0.2, 0) is 6.54 Å². The molecule has 17 heavy (non-hydrogen) atoms. The maximum absolute atomic E-state index is 8.86. The van der Waals surface area contributed by atoms with Gasteiger partial charge in [0.2, 0.25) is 0 Å². The molecule has 1 aliphatic carbocycles. The van der Waals surface area contributed by atoms with Gasteiger partial charge >= 0.3 is 0 Å². The highest BCUT2D eigenvalue weighted by molar-refractivity contribution is 9.10. The largest absolute Gasteiger partial charge is 0.347 e. The van der Waals surface area contributed by atoms with Gasteiger partial charge in [-0.25, -0.2) is 0 Å². The lowest BCUT2D eigenvalue weighted by atomic mass is 10.0. The van der Waals surface area contributed by atoms with Crippen molar-refractivity contribution in [1.29, 1.82) is 5.26 Å². The second kappa shape index (κ2) is 3.89. The first-order valence-corrected chi connectivity index (χ1v) is 6.63. The van der Waals surface area contributed by atoms with Crippen molar-refractivity contribution >= 4 is 26.8 Å². The molecule has 0 atom stereocenters. The van der Waals surface area contributed by atoms with Gasteiger partial charge in [-0.1, -0.05) is 22.0 Å². The summed E-state index contributed by atoms with van der Waals surface area (Å²) < 4.78 is 3.39. The molecule has 2 nitrogen and oxygen atoms in total. The quantitative estimate of drug-likeness (QED) is 0.836. The number of benzene rings is 1. The molecule has 0 spiro atoms. The van der Waals surface area contributed by atoms with Crippen LogP contribution in [-0.4, -0.2) is 4.57 Å². The Morgan fingerprint density at radius 1 is 1.35 bits per heavy atom. The van der Waals surface area contributed by atoms with Crippen LogP contribution in [0.5, 0.6) is 0 Å². The van der Waals surface area contributed by atoms with E-state index in [-0.39, 0.29) is 5.41 Å². The maximum Gasteiger partial charge on any atom is 0.0628 e. The third-order valence-electron chi connectivity index (χ3n) is 3.65. The zero-order valence-electron chi connectivity index (χ0n) is 9.49. The average Bonchev–Trinajstić information content (AvgIpc) is 2.95. The molecule has 0 N–H and O–H groups in total. The first kappa shape index (κ1) is 10.9. The van der Waals surface area contributed by atoms with Crippen LogP contribution in [0.3, 0.4) is 0 Å². The molecular weight excluding hydrogens is 276 g/mol. The summed E-state index contributed by atoms with van der Waals surface area (Å²) in [5, 5.41) is 10.1. The molecule has 0 unspecified atom stereocenters. The Hall–Kier alpha value is -1.27. The lowest BCUT2D eigenvalue weighted by Crippen LogP contribution is -2.10. The van der Waals surface area contributed by atoms with Crippen LogP contribution in [0.1, 0.15) is 19.3 Å². The zero-order valence-corrected chi connectivity index (χ0v) is 11.1. The Labute approximate surface area is 109 Å². The third-order valence-corrected chi connectivity index (χ3v) is 4.15. The average molecular weight is 289 g/mol. The van der Waals surface area contributed by atoms with E-state index in [1.807, 2.05) is 0 Å². The van der Waals surface area contributed by atoms with Gasteiger partial charge < -0.3 is 4.57 Å². The van der Waals surface area contributed by atoms with E-state index < -0.39 is 0 Å². The van der Waals surface area contributed by atoms with E-state index in [2.05, 4.69) is 57.0 Å². The molecule has 1 heterocycles. The van der Waals surface area contributed by atoms with Gasteiger partial charge in [-0.2, -0.15) is 5.26 Å². The first-order valence-electron chi connectivity index (χ1n) is 5.84. The van der Waals surface area contributed by atoms with E-state index in [1.54, 1.807) is 0 Å². The van der Waals surface area contributed by atoms with Gasteiger partial charge in [0.15, 0.2) is 0 Å². The minimum Gasteiger partial charge on any atom is -0.347 e. The Bertz CT molecular complexity index is 602. The van der Waals surface area contributed by atoms with E-state index in [0.717, 1.165) is 11.0 Å². The minimum absolute atomic E-state index is 0.253. The van der Waals surface area contributed by atoms with Crippen molar-refractivity contribution in [3.8, 4) is 6.07 Å². The Morgan fingerprint density at radius 2 is 2.18 bits per heavy atom. The van der Waals surface area contributed by atoms with Crippen LogP contribution in [0.15, 0.2) is 34.9 Å². The van der Waals surface area contributed by atoms with Crippen LogP contribution >= 0.6 is 15.9 Å². The number of rotatable bonds is 3. The minimum atomic E-state index is 0.253. The highest BCUT2D eigenvalue weighted by atomic mass is 79.9. The molecule has 0 radical (unpaired) electrons. The smallest absolute Gasteiger partial charge is 0.0628 e. The summed E-state index contributed by atoms with van der Waals surface area (Å²) in [5.74, 6) is 0. The molecule has 0 saturated heterocycles. The molecule has 1 fully saturated rings. The molecule has 1 aromatic heterocycles. The lowest BCUT2D eigenvalue weighted by Gasteiger charge is -2.13. The Balaban J connectivity index is 1.96. The molecular formula is C14H13BrN2. The van der Waals surface area contributed by atoms with Crippen molar-refractivity contribution in [2.75, 3.05) is 0 Å². The molecule has 1 aliphatic rings. The number of nitrogens with zero attached hydrogens (tertiary/aromatic N) is 2. The second-order valence-electron chi connectivity index (χ2n) is 4.98. The van der Waals surface area contributed by atoms with Crippen molar-refractivity contribution in [2.45, 2.75) is 25.8 Å². The van der Waals surface area contributed by atoms with E-state index in [0.29, 0.717) is 6.42 Å². The molecule has 3 heteroatoms. The van der Waals surface area contributed by atoms with Crippen LogP contribution in [0.4, 0.5) is 0 Å². The standard InChI is InChI=1S/C14H13BrN2/c15-12-2-1-11-3-8-17(13(11)9-12)10-14(4-5-14)6-7-16/h1-3,8-9H,4-6,10H2. The van der Waals surface area contributed by atoms with Crippen molar-refractivity contribution in [3.05, 3.63) is 34.9 Å². The molecule has 1 aromatic carbocycles. The summed E-state index contributed by atoms with van der Waals surface area (Å²) in [6.45, 7) is 0.973. The van der Waals surface area contributed by atoms with Gasteiger partial charge in [0.1, 0.15) is 0 Å². The summed E-state index contributed by atoms with van der Waals surface area (Å²) in [6.07, 6.45) is 5.19. The third kappa shape index (κ3) is 1.98. The van der Waals surface area contributed by atoms with E-state index in [4.69, 9.17) is 5.26 Å². The molecule has 1 saturated carbocycles. The predicted molar refractivity (Wildman–Crippen MR) is 71.5 cm³/mol. The summed E-state index contributed by atoms with van der Waals surface area (Å²) >= 11 is 3.51. The van der Waals surface area contributed by atoms with E-state index in [1.165, 1.54) is 23.7 Å². The number of fused-ring (bicyclic) bond motifs is 1. The number of nitriles is 1. The SMILES string of the molecule is N#CCC1(Cn2ccc3ccc(Br)cc32)CC1. The number of halogens is 1. The van der Waals surface area contributed by atoms with Gasteiger partial charge in [-0.05, 0) is 36.4 Å². The lowest BCUT2D eigenvalue weighted by molar-refractivity contribution is 0.440. The first-order chi connectivity index (χ1) is 8.22. The topological polar surface area (TPSA) is 28.7 Å². The van der Waals surface area contributed by atoms with Crippen LogP contribution < -0.4 is 0 Å². The summed E-state index contributed by atoms with van der Waals surface area (Å²) in [5.41, 5.74) is 1.51. The fourth-order valence-corrected chi connectivity index (χ4v) is 2.74. The van der Waals surface area contributed by atoms with Crippen LogP contribution in [0.2, 0.25) is 0 Å². The highest BCUT2D eigenvalue weighted by Crippen LogP contribution is 2.50. The molecule has 2 aromatic rings. The van der Waals surface area contributed by atoms with Gasteiger partial charge in [0, 0.05) is 34.6 Å². The van der Waals surface area contributed by atoms with Crippen molar-refractivity contribution in [1.82, 2.24) is 4.57 Å². The fourth-order valence-electron chi connectivity index (χ4n) is 2.39. The number of hydrogen-bond acceptors (Lipinski definition) is 1. The van der Waals surface area contributed by atoms with E-state index in [9.17, 15) is 0 Å². The second-order valence-corrected chi connectivity index (χ2v) is 5.90. The zero-order chi connectivity index (χ0) is 11.9. The highest BCUT2D eigenvalue weighted by Gasteiger charge is 2.42. The monoisotopic (exact) mass is 288 g/mol. The number of hydrogen-bond donors (Lipinski definition) is 0. The van der Waals surface area contributed by atoms with Crippen molar-refractivity contribution in [2.24, 2.45) is 5.41 Å². The fraction of sp³-hybridized carbons (Fsp3) is 0.357. The van der Waals surface area contributed by atoms with Crippen molar-refractivity contribution in [3.63, 3.8) is 0 Å². The molecule has 0 bridgehead atoms. The Morgan fingerprint density at radius 3 is 2.88 bits per heavy atom. The maximum atomic E-state index is 8.86. The molecule has 86 valence electrons. The van der Waals surface area contributed by atoms with Gasteiger partial charge in [0.05, 0.1) is 6.07 Å². The summed E-state index contributed by atoms with van der Waals surface area (Å²) in [4.78, 5) is 0. The van der Waals surface area contributed by atoms with Gasteiger partial charge in [-0.15, -0.1) is 0 Å².